The maximum Gasteiger partial charge on any atom is 0.414 e. The van der Waals surface area contributed by atoms with Crippen LogP contribution in [0, 0.1) is 11.8 Å². The minimum absolute atomic E-state index is 0.756. The van der Waals surface area contributed by atoms with E-state index in [0.29, 0.717) is 0 Å². The fourth-order valence-corrected chi connectivity index (χ4v) is 6.84. The van der Waals surface area contributed by atoms with Crippen LogP contribution in [0.4, 0.5) is 0 Å². The number of nitrogens with zero attached hydrogens (tertiary/aromatic N) is 2. The van der Waals surface area contributed by atoms with E-state index in [0.717, 1.165) is 37.4 Å². The zero-order valence-electron chi connectivity index (χ0n) is 27.5. The Labute approximate surface area is 294 Å². The second kappa shape index (κ2) is 19.1. The molecule has 1 aromatic heterocycles. The van der Waals surface area contributed by atoms with Gasteiger partial charge in [0.2, 0.25) is 0 Å². The lowest BCUT2D eigenvalue weighted by Gasteiger charge is -2.15. The van der Waals surface area contributed by atoms with E-state index in [-0.39, 0.29) is 0 Å². The van der Waals surface area contributed by atoms with Crippen molar-refractivity contribution in [2.45, 2.75) is 32.1 Å². The number of fused-ring (bicyclic) bond motifs is 1. The number of hydrogen-bond donors (Lipinski definition) is 4. The lowest BCUT2D eigenvalue weighted by molar-refractivity contribution is -0.159. The van der Waals surface area contributed by atoms with Gasteiger partial charge < -0.3 is 25.2 Å². The van der Waals surface area contributed by atoms with Crippen LogP contribution in [0.25, 0.3) is 20.5 Å². The van der Waals surface area contributed by atoms with Crippen LogP contribution in [0.15, 0.2) is 72.8 Å². The van der Waals surface area contributed by atoms with Crippen LogP contribution < -0.4 is 4.74 Å². The summed E-state index contributed by atoms with van der Waals surface area (Å²) in [6.45, 7) is 7.47. The predicted octanol–water partition coefficient (Wildman–Crippen LogP) is 5.39. The van der Waals surface area contributed by atoms with E-state index in [1.54, 1.807) is 0 Å². The summed E-state index contributed by atoms with van der Waals surface area (Å²) in [4.78, 5) is 42.7. The van der Waals surface area contributed by atoms with E-state index < -0.39 is 23.9 Å². The SMILES string of the molecule is C(#Cc1ccc(Cc2c(-c3ccc(OCCN4CCCC4)cc3)sc3ccccc23)cc1)CN1CCCC1.O=C(O)C(=O)O.O=C(O)C(=O)O. The molecule has 0 bridgehead atoms. The van der Waals surface area contributed by atoms with Gasteiger partial charge in [-0.3, -0.25) is 9.80 Å². The first-order valence-electron chi connectivity index (χ1n) is 16.3. The quantitative estimate of drug-likeness (QED) is 0.138. The number of carbonyl (C=O) groups is 4. The fraction of sp³-hybridized carbons (Fsp3) is 0.316. The molecule has 0 radical (unpaired) electrons. The third kappa shape index (κ3) is 11.7. The van der Waals surface area contributed by atoms with Crippen molar-refractivity contribution in [2.75, 3.05) is 45.9 Å². The van der Waals surface area contributed by atoms with E-state index >= 15 is 0 Å². The Kier molecular flexibility index (Phi) is 14.4. The van der Waals surface area contributed by atoms with Gasteiger partial charge in [0.25, 0.3) is 0 Å². The van der Waals surface area contributed by atoms with Crippen LogP contribution in [0.3, 0.4) is 0 Å². The summed E-state index contributed by atoms with van der Waals surface area (Å²) in [6, 6.07) is 26.3. The van der Waals surface area contributed by atoms with Crippen molar-refractivity contribution >= 4 is 45.3 Å². The van der Waals surface area contributed by atoms with Gasteiger partial charge >= 0.3 is 23.9 Å². The second-order valence-electron chi connectivity index (χ2n) is 11.7. The number of benzene rings is 3. The largest absolute Gasteiger partial charge is 0.492 e. The molecule has 2 aliphatic rings. The summed E-state index contributed by atoms with van der Waals surface area (Å²) in [5, 5.41) is 30.9. The van der Waals surface area contributed by atoms with E-state index in [1.165, 1.54) is 83.5 Å². The molecule has 0 unspecified atom stereocenters. The molecule has 2 aliphatic heterocycles. The number of carboxylic acids is 4. The smallest absolute Gasteiger partial charge is 0.414 e. The highest BCUT2D eigenvalue weighted by atomic mass is 32.1. The fourth-order valence-electron chi connectivity index (χ4n) is 5.61. The Bertz CT molecular complexity index is 1770. The molecule has 0 atom stereocenters. The summed E-state index contributed by atoms with van der Waals surface area (Å²) >= 11 is 1.89. The first-order chi connectivity index (χ1) is 24.1. The minimum Gasteiger partial charge on any atom is -0.492 e. The Morgan fingerprint density at radius 1 is 0.700 bits per heavy atom. The highest BCUT2D eigenvalue weighted by Gasteiger charge is 2.15. The molecule has 4 N–H and O–H groups in total. The normalized spacial score (nSPS) is 14.0. The molecule has 0 saturated carbocycles. The van der Waals surface area contributed by atoms with Crippen molar-refractivity contribution in [3.8, 4) is 28.0 Å². The molecule has 262 valence electrons. The van der Waals surface area contributed by atoms with Crippen LogP contribution in [-0.4, -0.2) is 100.0 Å². The van der Waals surface area contributed by atoms with Crippen molar-refractivity contribution < 1.29 is 44.3 Å². The molecule has 12 heteroatoms. The van der Waals surface area contributed by atoms with Crippen LogP contribution in [0.2, 0.25) is 0 Å². The molecule has 0 spiro atoms. The molecular formula is C38H40N2O9S. The molecular weight excluding hydrogens is 660 g/mol. The van der Waals surface area contributed by atoms with Gasteiger partial charge in [-0.2, -0.15) is 0 Å². The van der Waals surface area contributed by atoms with Crippen LogP contribution in [-0.2, 0) is 25.6 Å². The van der Waals surface area contributed by atoms with E-state index in [1.807, 2.05) is 11.3 Å². The first-order valence-corrected chi connectivity index (χ1v) is 17.1. The van der Waals surface area contributed by atoms with Crippen LogP contribution in [0.5, 0.6) is 5.75 Å². The monoisotopic (exact) mass is 700 g/mol. The molecule has 0 amide bonds. The molecule has 2 saturated heterocycles. The number of rotatable bonds is 8. The van der Waals surface area contributed by atoms with Gasteiger partial charge in [-0.15, -0.1) is 11.3 Å². The Morgan fingerprint density at radius 3 is 1.84 bits per heavy atom. The molecule has 6 rings (SSSR count). The summed E-state index contributed by atoms with van der Waals surface area (Å²) in [5.41, 5.74) is 5.09. The van der Waals surface area contributed by atoms with Gasteiger partial charge in [0.1, 0.15) is 12.4 Å². The van der Waals surface area contributed by atoms with Gasteiger partial charge in [-0.25, -0.2) is 19.2 Å². The average molecular weight is 701 g/mol. The average Bonchev–Trinajstić information content (AvgIpc) is 3.89. The second-order valence-corrected chi connectivity index (χ2v) is 12.8. The molecule has 50 heavy (non-hydrogen) atoms. The number of thiophene rings is 1. The van der Waals surface area contributed by atoms with E-state index in [9.17, 15) is 0 Å². The van der Waals surface area contributed by atoms with E-state index in [2.05, 4.69) is 94.4 Å². The summed E-state index contributed by atoms with van der Waals surface area (Å²) in [7, 11) is 0. The van der Waals surface area contributed by atoms with Gasteiger partial charge in [-0.1, -0.05) is 42.2 Å². The molecule has 0 aliphatic carbocycles. The summed E-state index contributed by atoms with van der Waals surface area (Å²) in [5.74, 6) is 0.375. The Balaban J connectivity index is 0.000000404. The summed E-state index contributed by atoms with van der Waals surface area (Å²) in [6.07, 6.45) is 6.18. The predicted molar refractivity (Wildman–Crippen MR) is 191 cm³/mol. The lowest BCUT2D eigenvalue weighted by Crippen LogP contribution is -2.25. The number of carboxylic acid groups (broad SMARTS) is 4. The zero-order chi connectivity index (χ0) is 35.9. The van der Waals surface area contributed by atoms with Crippen molar-refractivity contribution in [3.05, 3.63) is 89.5 Å². The third-order valence-corrected chi connectivity index (χ3v) is 9.39. The van der Waals surface area contributed by atoms with Gasteiger partial charge in [0, 0.05) is 21.7 Å². The highest BCUT2D eigenvalue weighted by Crippen LogP contribution is 2.40. The van der Waals surface area contributed by atoms with Crippen molar-refractivity contribution in [3.63, 3.8) is 0 Å². The molecule has 3 heterocycles. The topological polar surface area (TPSA) is 165 Å². The maximum absolute atomic E-state index is 9.10. The first kappa shape index (κ1) is 37.6. The van der Waals surface area contributed by atoms with Gasteiger partial charge in [0.15, 0.2) is 0 Å². The zero-order valence-corrected chi connectivity index (χ0v) is 28.4. The minimum atomic E-state index is -1.82. The van der Waals surface area contributed by atoms with E-state index in [4.69, 9.17) is 44.3 Å². The molecule has 2 fully saturated rings. The maximum atomic E-state index is 9.10. The number of likely N-dealkylation sites (tertiary alicyclic amines) is 2. The Hall–Kier alpha value is -5.22. The summed E-state index contributed by atoms with van der Waals surface area (Å²) < 4.78 is 7.40. The van der Waals surface area contributed by atoms with Gasteiger partial charge in [0.05, 0.1) is 6.54 Å². The third-order valence-electron chi connectivity index (χ3n) is 8.12. The highest BCUT2D eigenvalue weighted by molar-refractivity contribution is 7.22. The van der Waals surface area contributed by atoms with Gasteiger partial charge in [-0.05, 0) is 123 Å². The van der Waals surface area contributed by atoms with Crippen molar-refractivity contribution in [1.82, 2.24) is 9.80 Å². The van der Waals surface area contributed by atoms with Crippen molar-refractivity contribution in [1.29, 1.82) is 0 Å². The molecule has 4 aromatic rings. The number of ether oxygens (including phenoxy) is 1. The van der Waals surface area contributed by atoms with Crippen LogP contribution >= 0.6 is 11.3 Å². The Morgan fingerprint density at radius 2 is 1.26 bits per heavy atom. The number of aliphatic carboxylic acids is 4. The number of hydrogen-bond acceptors (Lipinski definition) is 8. The lowest BCUT2D eigenvalue weighted by atomic mass is 9.98. The van der Waals surface area contributed by atoms with Crippen LogP contribution in [0.1, 0.15) is 42.4 Å². The molecule has 3 aromatic carbocycles. The van der Waals surface area contributed by atoms with Crippen molar-refractivity contribution in [2.24, 2.45) is 0 Å². The molecule has 11 nitrogen and oxygen atoms in total. The standard InChI is InChI=1S/C34H36N2OS.2C2H2O4/c1-2-10-33-31(9-1)32(26-28-13-11-27(12-14-28)8-7-23-35-19-3-4-20-35)34(38-33)29-15-17-30(18-16-29)37-25-24-36-21-5-6-22-36;2*3-1(4)2(5)6/h1-2,9-18H,3-6,19-26H2;2*(H,3,4)(H,5,6).